The Bertz CT molecular complexity index is 1520. The maximum absolute atomic E-state index is 15.7. The second kappa shape index (κ2) is 12.1. The van der Waals surface area contributed by atoms with Crippen molar-refractivity contribution in [3.63, 3.8) is 0 Å². The highest BCUT2D eigenvalue weighted by atomic mass is 35.5. The summed E-state index contributed by atoms with van der Waals surface area (Å²) in [6, 6.07) is 15.4. The minimum atomic E-state index is -1.71. The Morgan fingerprint density at radius 2 is 1.76 bits per heavy atom. The Balaban J connectivity index is 1.89. The molecule has 1 fully saturated rings. The van der Waals surface area contributed by atoms with Crippen LogP contribution in [0.2, 0.25) is 10.0 Å². The van der Waals surface area contributed by atoms with Gasteiger partial charge >= 0.3 is 0 Å². The zero-order valence-corrected chi connectivity index (χ0v) is 25.2. The van der Waals surface area contributed by atoms with E-state index >= 15 is 8.78 Å². The van der Waals surface area contributed by atoms with E-state index < -0.39 is 51.9 Å². The molecule has 3 aromatic carbocycles. The van der Waals surface area contributed by atoms with Crippen molar-refractivity contribution in [2.75, 3.05) is 16.3 Å². The zero-order valence-electron chi connectivity index (χ0n) is 22.9. The van der Waals surface area contributed by atoms with Gasteiger partial charge in [0, 0.05) is 40.2 Å². The predicted molar refractivity (Wildman–Crippen MR) is 160 cm³/mol. The van der Waals surface area contributed by atoms with Gasteiger partial charge in [0.25, 0.3) is 0 Å². The fourth-order valence-corrected chi connectivity index (χ4v) is 6.37. The maximum atomic E-state index is 15.7. The summed E-state index contributed by atoms with van der Waals surface area (Å²) in [5, 5.41) is 17.0. The number of anilines is 2. The van der Waals surface area contributed by atoms with Gasteiger partial charge in [0.15, 0.2) is 0 Å². The lowest BCUT2D eigenvalue weighted by atomic mass is 9.62. The zero-order chi connectivity index (χ0) is 30.1. The van der Waals surface area contributed by atoms with Crippen molar-refractivity contribution >= 4 is 51.5 Å². The normalized spacial score (nSPS) is 23.0. The topological polar surface area (TPSA) is 94.0 Å². The van der Waals surface area contributed by atoms with Gasteiger partial charge in [-0.25, -0.2) is 13.0 Å². The summed E-state index contributed by atoms with van der Waals surface area (Å²) < 4.78 is 45.7. The standard InChI is InChI=1S/C30H30Cl2F2N4O2S/c1-29(2,3)15-24-30(16-35,21-13-8-17(31)14-23(21)33)25(20-6-5-7-22(32)26(20)34)27(37-24)28(39)36-18-9-11-19(12-10-18)38-41(4)40/h5-14,24-25,27,37-38H,15H2,1-4H3,(H,36,39)/t24?,25?,27-,30+,41?/m1/s1. The van der Waals surface area contributed by atoms with E-state index in [1.165, 1.54) is 36.6 Å². The predicted octanol–water partition coefficient (Wildman–Crippen LogP) is 6.94. The van der Waals surface area contributed by atoms with Crippen LogP contribution in [0.15, 0.2) is 60.7 Å². The first-order chi connectivity index (χ1) is 19.3. The molecule has 1 saturated heterocycles. The number of carbonyl (C=O) groups is 1. The molecule has 41 heavy (non-hydrogen) atoms. The van der Waals surface area contributed by atoms with Crippen LogP contribution in [0.3, 0.4) is 0 Å². The smallest absolute Gasteiger partial charge is 0.242 e. The Hall–Kier alpha value is -3.03. The second-order valence-corrected chi connectivity index (χ2v) is 13.3. The van der Waals surface area contributed by atoms with Crippen LogP contribution in [0.5, 0.6) is 0 Å². The van der Waals surface area contributed by atoms with Gasteiger partial charge in [-0.05, 0) is 59.9 Å². The van der Waals surface area contributed by atoms with Crippen molar-refractivity contribution in [1.82, 2.24) is 5.32 Å². The van der Waals surface area contributed by atoms with Crippen molar-refractivity contribution < 1.29 is 17.8 Å². The molecule has 1 heterocycles. The highest BCUT2D eigenvalue weighted by Gasteiger charge is 2.61. The molecule has 0 aromatic heterocycles. The summed E-state index contributed by atoms with van der Waals surface area (Å²) in [6.45, 7) is 5.91. The summed E-state index contributed by atoms with van der Waals surface area (Å²) in [5.41, 5.74) is -1.03. The van der Waals surface area contributed by atoms with E-state index in [1.807, 2.05) is 20.8 Å². The van der Waals surface area contributed by atoms with E-state index in [2.05, 4.69) is 21.4 Å². The molecule has 1 amide bonds. The average Bonchev–Trinajstić information content (AvgIpc) is 3.19. The quantitative estimate of drug-likeness (QED) is 0.267. The second-order valence-electron chi connectivity index (χ2n) is 11.3. The lowest BCUT2D eigenvalue weighted by molar-refractivity contribution is -0.118. The number of rotatable bonds is 7. The number of nitriles is 1. The van der Waals surface area contributed by atoms with Crippen LogP contribution in [0.1, 0.15) is 44.2 Å². The van der Waals surface area contributed by atoms with Crippen molar-refractivity contribution in [2.24, 2.45) is 5.41 Å². The van der Waals surface area contributed by atoms with Gasteiger partial charge in [-0.3, -0.25) is 4.79 Å². The number of hydrogen-bond acceptors (Lipinski definition) is 4. The third-order valence-electron chi connectivity index (χ3n) is 7.15. The first kappa shape index (κ1) is 30.9. The number of nitrogens with zero attached hydrogens (tertiary/aromatic N) is 1. The highest BCUT2D eigenvalue weighted by Crippen LogP contribution is 2.52. The summed E-state index contributed by atoms with van der Waals surface area (Å²) in [4.78, 5) is 13.9. The van der Waals surface area contributed by atoms with Gasteiger partial charge < -0.3 is 15.4 Å². The van der Waals surface area contributed by atoms with Crippen LogP contribution in [0.4, 0.5) is 20.2 Å². The molecule has 5 atom stereocenters. The first-order valence-electron chi connectivity index (χ1n) is 12.8. The number of carbonyl (C=O) groups excluding carboxylic acids is 1. The molecule has 0 saturated carbocycles. The lowest BCUT2D eigenvalue weighted by Crippen LogP contribution is -2.45. The van der Waals surface area contributed by atoms with Crippen molar-refractivity contribution in [1.29, 1.82) is 5.26 Å². The van der Waals surface area contributed by atoms with Gasteiger partial charge in [0.1, 0.15) is 28.0 Å². The molecular weight excluding hydrogens is 589 g/mol. The SMILES string of the molecule is CS(=O)Nc1ccc(NC(=O)[C@@H]2NC(CC(C)(C)C)[C@](C#N)(c3ccc(Cl)cc3F)C2c2cccc(Cl)c2F)cc1. The van der Waals surface area contributed by atoms with Crippen LogP contribution in [0, 0.1) is 28.4 Å². The van der Waals surface area contributed by atoms with E-state index in [0.29, 0.717) is 17.8 Å². The molecule has 0 bridgehead atoms. The molecule has 0 aliphatic carbocycles. The molecule has 216 valence electrons. The fraction of sp³-hybridized carbons (Fsp3) is 0.333. The van der Waals surface area contributed by atoms with Crippen LogP contribution in [0.25, 0.3) is 0 Å². The van der Waals surface area contributed by atoms with Crippen LogP contribution >= 0.6 is 23.2 Å². The average molecular weight is 620 g/mol. The summed E-state index contributed by atoms with van der Waals surface area (Å²) in [5.74, 6) is -3.23. The molecule has 3 N–H and O–H groups in total. The Labute approximate surface area is 251 Å². The third kappa shape index (κ3) is 6.41. The molecule has 6 nitrogen and oxygen atoms in total. The molecule has 0 radical (unpaired) electrons. The number of benzene rings is 3. The van der Waals surface area contributed by atoms with Crippen LogP contribution in [-0.2, 0) is 21.2 Å². The van der Waals surface area contributed by atoms with Crippen LogP contribution in [-0.4, -0.2) is 28.5 Å². The fourth-order valence-electron chi connectivity index (χ4n) is 5.56. The van der Waals surface area contributed by atoms with Gasteiger partial charge in [-0.2, -0.15) is 5.26 Å². The minimum absolute atomic E-state index is 0.00817. The molecule has 4 rings (SSSR count). The van der Waals surface area contributed by atoms with E-state index in [0.717, 1.165) is 6.07 Å². The summed E-state index contributed by atoms with van der Waals surface area (Å²) in [6.07, 6.45) is 1.86. The van der Waals surface area contributed by atoms with Crippen molar-refractivity contribution in [3.05, 3.63) is 93.5 Å². The monoisotopic (exact) mass is 618 g/mol. The Morgan fingerprint density at radius 1 is 1.10 bits per heavy atom. The van der Waals surface area contributed by atoms with E-state index in [4.69, 9.17) is 23.2 Å². The molecular formula is C30H30Cl2F2N4O2S. The maximum Gasteiger partial charge on any atom is 0.242 e. The van der Waals surface area contributed by atoms with Gasteiger partial charge in [-0.15, -0.1) is 0 Å². The molecule has 3 unspecified atom stereocenters. The highest BCUT2D eigenvalue weighted by molar-refractivity contribution is 7.85. The lowest BCUT2D eigenvalue weighted by Gasteiger charge is -2.37. The van der Waals surface area contributed by atoms with Crippen molar-refractivity contribution in [3.8, 4) is 6.07 Å². The van der Waals surface area contributed by atoms with Crippen molar-refractivity contribution in [2.45, 2.75) is 50.6 Å². The Kier molecular flexibility index (Phi) is 9.10. The van der Waals surface area contributed by atoms with Crippen LogP contribution < -0.4 is 15.4 Å². The summed E-state index contributed by atoms with van der Waals surface area (Å²) >= 11 is 12.2. The number of amides is 1. The molecule has 1 aliphatic rings. The minimum Gasteiger partial charge on any atom is -0.325 e. The molecule has 11 heteroatoms. The van der Waals surface area contributed by atoms with Gasteiger partial charge in [-0.1, -0.05) is 62.2 Å². The third-order valence-corrected chi connectivity index (χ3v) is 8.20. The Morgan fingerprint density at radius 3 is 2.34 bits per heavy atom. The summed E-state index contributed by atoms with van der Waals surface area (Å²) in [7, 11) is -1.27. The molecule has 3 aromatic rings. The van der Waals surface area contributed by atoms with Gasteiger partial charge in [0.2, 0.25) is 5.91 Å². The van der Waals surface area contributed by atoms with Gasteiger partial charge in [0.05, 0.1) is 17.1 Å². The largest absolute Gasteiger partial charge is 0.325 e. The first-order valence-corrected chi connectivity index (χ1v) is 15.2. The van der Waals surface area contributed by atoms with E-state index in [1.54, 1.807) is 24.3 Å². The number of nitrogens with one attached hydrogen (secondary N) is 3. The van der Waals surface area contributed by atoms with E-state index in [9.17, 15) is 14.3 Å². The van der Waals surface area contributed by atoms with E-state index in [-0.39, 0.29) is 26.6 Å². The number of hydrogen-bond donors (Lipinski definition) is 3. The molecule has 0 spiro atoms. The number of halogens is 4. The molecule has 1 aliphatic heterocycles.